The summed E-state index contributed by atoms with van der Waals surface area (Å²) in [5.41, 5.74) is 4.94. The zero-order chi connectivity index (χ0) is 23.7. The molecule has 10 nitrogen and oxygen atoms in total. The van der Waals surface area contributed by atoms with Crippen LogP contribution < -0.4 is 21.9 Å². The number of rotatable bonds is 12. The molecule has 0 saturated carbocycles. The van der Waals surface area contributed by atoms with Crippen LogP contribution >= 0.6 is 0 Å². The molecular weight excluding hydrogens is 402 g/mol. The van der Waals surface area contributed by atoms with Gasteiger partial charge in [-0.25, -0.2) is 4.79 Å². The molecule has 1 aromatic rings. The first-order valence-corrected chi connectivity index (χ1v) is 10.8. The third kappa shape index (κ3) is 7.23. The van der Waals surface area contributed by atoms with E-state index in [1.54, 1.807) is 6.92 Å². The molecule has 176 valence electrons. The van der Waals surface area contributed by atoms with Gasteiger partial charge in [0.2, 0.25) is 5.91 Å². The number of esters is 1. The SMILES string of the molecule is CCCCN(C(=O)CN(CC)CC(C)C(=O)OC)c1c(N)n(CC(C)C)c(=O)[nH]c1=O. The summed E-state index contributed by atoms with van der Waals surface area (Å²) in [7, 11) is 1.33. The molecule has 1 atom stereocenters. The Bertz CT molecular complexity index is 861. The number of anilines is 2. The van der Waals surface area contributed by atoms with Gasteiger partial charge in [0.25, 0.3) is 5.56 Å². The number of nitrogen functional groups attached to an aromatic ring is 1. The van der Waals surface area contributed by atoms with E-state index in [2.05, 4.69) is 4.98 Å². The van der Waals surface area contributed by atoms with Gasteiger partial charge in [-0.05, 0) is 18.9 Å². The normalized spacial score (nSPS) is 12.3. The second kappa shape index (κ2) is 12.3. The van der Waals surface area contributed by atoms with E-state index in [-0.39, 0.29) is 35.8 Å². The standard InChI is InChI=1S/C21H37N5O5/c1-7-9-10-25(16(27)13-24(8-2)12-15(5)20(29)31-6)17-18(22)26(11-14(3)4)21(30)23-19(17)28/h14-15H,7-13,22H2,1-6H3,(H,23,28,30). The van der Waals surface area contributed by atoms with Gasteiger partial charge in [0.05, 0.1) is 19.6 Å². The summed E-state index contributed by atoms with van der Waals surface area (Å²) < 4.78 is 6.06. The highest BCUT2D eigenvalue weighted by molar-refractivity contribution is 5.96. The first kappa shape index (κ1) is 26.4. The Morgan fingerprint density at radius 1 is 1.19 bits per heavy atom. The van der Waals surface area contributed by atoms with Gasteiger partial charge >= 0.3 is 11.7 Å². The third-order valence-electron chi connectivity index (χ3n) is 5.01. The molecule has 0 radical (unpaired) electrons. The minimum atomic E-state index is -0.682. The Balaban J connectivity index is 3.29. The van der Waals surface area contributed by atoms with E-state index in [0.29, 0.717) is 32.6 Å². The van der Waals surface area contributed by atoms with E-state index in [1.807, 2.05) is 32.6 Å². The number of ether oxygens (including phenoxy) is 1. The van der Waals surface area contributed by atoms with Gasteiger partial charge in [0, 0.05) is 19.6 Å². The number of hydrogen-bond donors (Lipinski definition) is 2. The number of nitrogens with zero attached hydrogens (tertiary/aromatic N) is 3. The Morgan fingerprint density at radius 3 is 2.35 bits per heavy atom. The molecule has 0 saturated heterocycles. The highest BCUT2D eigenvalue weighted by Crippen LogP contribution is 2.19. The number of nitrogens with one attached hydrogen (secondary N) is 1. The lowest BCUT2D eigenvalue weighted by atomic mass is 10.1. The van der Waals surface area contributed by atoms with Crippen molar-refractivity contribution in [2.45, 2.75) is 54.0 Å². The van der Waals surface area contributed by atoms with Crippen molar-refractivity contribution in [1.29, 1.82) is 0 Å². The maximum atomic E-state index is 13.2. The molecule has 0 aliphatic heterocycles. The van der Waals surface area contributed by atoms with Gasteiger partial charge in [-0.15, -0.1) is 0 Å². The molecule has 31 heavy (non-hydrogen) atoms. The zero-order valence-corrected chi connectivity index (χ0v) is 19.6. The van der Waals surface area contributed by atoms with Crippen molar-refractivity contribution >= 4 is 23.4 Å². The van der Waals surface area contributed by atoms with Gasteiger partial charge < -0.3 is 15.4 Å². The topological polar surface area (TPSA) is 131 Å². The fraction of sp³-hybridized carbons (Fsp3) is 0.714. The van der Waals surface area contributed by atoms with Crippen LogP contribution in [0.15, 0.2) is 9.59 Å². The maximum Gasteiger partial charge on any atom is 0.330 e. The van der Waals surface area contributed by atoms with Crippen LogP contribution in [0, 0.1) is 11.8 Å². The lowest BCUT2D eigenvalue weighted by Gasteiger charge is -2.28. The van der Waals surface area contributed by atoms with Gasteiger partial charge in [0.1, 0.15) is 5.82 Å². The van der Waals surface area contributed by atoms with Gasteiger partial charge in [-0.2, -0.15) is 0 Å². The van der Waals surface area contributed by atoms with Crippen molar-refractivity contribution in [2.24, 2.45) is 11.8 Å². The van der Waals surface area contributed by atoms with Crippen LogP contribution in [0.4, 0.5) is 11.5 Å². The lowest BCUT2D eigenvalue weighted by molar-refractivity contribution is -0.145. The number of amides is 1. The van der Waals surface area contributed by atoms with Crippen molar-refractivity contribution in [3.8, 4) is 0 Å². The second-order valence-corrected chi connectivity index (χ2v) is 8.15. The summed E-state index contributed by atoms with van der Waals surface area (Å²) in [5.74, 6) is -0.968. The molecule has 0 aliphatic rings. The number of hydrogen-bond acceptors (Lipinski definition) is 7. The minimum Gasteiger partial charge on any atom is -0.469 e. The van der Waals surface area contributed by atoms with Crippen LogP contribution in [0.25, 0.3) is 0 Å². The van der Waals surface area contributed by atoms with E-state index in [0.717, 1.165) is 6.42 Å². The molecule has 3 N–H and O–H groups in total. The van der Waals surface area contributed by atoms with Crippen molar-refractivity contribution < 1.29 is 14.3 Å². The Kier molecular flexibility index (Phi) is 10.5. The first-order chi connectivity index (χ1) is 14.6. The summed E-state index contributed by atoms with van der Waals surface area (Å²) in [6.07, 6.45) is 1.47. The van der Waals surface area contributed by atoms with E-state index < -0.39 is 17.2 Å². The zero-order valence-electron chi connectivity index (χ0n) is 19.6. The lowest BCUT2D eigenvalue weighted by Crippen LogP contribution is -2.46. The Labute approximate surface area is 183 Å². The van der Waals surface area contributed by atoms with E-state index in [1.165, 1.54) is 16.6 Å². The summed E-state index contributed by atoms with van der Waals surface area (Å²) in [6.45, 7) is 11.0. The van der Waals surface area contributed by atoms with Gasteiger partial charge in [-0.1, -0.05) is 41.0 Å². The molecule has 0 aromatic carbocycles. The van der Waals surface area contributed by atoms with Crippen LogP contribution in [-0.2, 0) is 20.9 Å². The number of methoxy groups -OCH3 is 1. The molecule has 1 amide bonds. The predicted octanol–water partition coefficient (Wildman–Crippen LogP) is 1.04. The second-order valence-electron chi connectivity index (χ2n) is 8.15. The predicted molar refractivity (Wildman–Crippen MR) is 121 cm³/mol. The molecular formula is C21H37N5O5. The molecule has 1 aromatic heterocycles. The summed E-state index contributed by atoms with van der Waals surface area (Å²) in [6, 6.07) is 0. The van der Waals surface area contributed by atoms with Crippen molar-refractivity contribution in [2.75, 3.05) is 43.9 Å². The average molecular weight is 440 g/mol. The molecule has 0 fully saturated rings. The van der Waals surface area contributed by atoms with Crippen LogP contribution in [-0.4, -0.2) is 59.6 Å². The smallest absolute Gasteiger partial charge is 0.330 e. The van der Waals surface area contributed by atoms with Crippen molar-refractivity contribution in [3.63, 3.8) is 0 Å². The number of aromatic amines is 1. The monoisotopic (exact) mass is 439 g/mol. The molecule has 0 bridgehead atoms. The molecule has 1 rings (SSSR count). The van der Waals surface area contributed by atoms with E-state index in [4.69, 9.17) is 10.5 Å². The average Bonchev–Trinajstić information content (AvgIpc) is 2.71. The van der Waals surface area contributed by atoms with Crippen LogP contribution in [0.1, 0.15) is 47.5 Å². The Morgan fingerprint density at radius 2 is 1.84 bits per heavy atom. The third-order valence-corrected chi connectivity index (χ3v) is 5.01. The Hall–Kier alpha value is -2.62. The highest BCUT2D eigenvalue weighted by atomic mass is 16.5. The number of likely N-dealkylation sites (N-methyl/N-ethyl adjacent to an activating group) is 1. The highest BCUT2D eigenvalue weighted by Gasteiger charge is 2.26. The molecule has 1 unspecified atom stereocenters. The molecule has 10 heteroatoms. The minimum absolute atomic E-state index is 0.00371. The number of H-pyrrole nitrogens is 1. The number of carbonyl (C=O) groups excluding carboxylic acids is 2. The number of carbonyl (C=O) groups is 2. The van der Waals surface area contributed by atoms with Crippen LogP contribution in [0.5, 0.6) is 0 Å². The van der Waals surface area contributed by atoms with Crippen molar-refractivity contribution in [1.82, 2.24) is 14.5 Å². The number of aromatic nitrogens is 2. The quantitative estimate of drug-likeness (QED) is 0.465. The molecule has 1 heterocycles. The maximum absolute atomic E-state index is 13.2. The molecule has 0 aliphatic carbocycles. The largest absolute Gasteiger partial charge is 0.469 e. The molecule has 0 spiro atoms. The first-order valence-electron chi connectivity index (χ1n) is 10.8. The summed E-state index contributed by atoms with van der Waals surface area (Å²) >= 11 is 0. The number of unbranched alkanes of at least 4 members (excludes halogenated alkanes) is 1. The van der Waals surface area contributed by atoms with E-state index in [9.17, 15) is 19.2 Å². The van der Waals surface area contributed by atoms with Gasteiger partial charge in [0.15, 0.2) is 5.69 Å². The fourth-order valence-electron chi connectivity index (χ4n) is 3.31. The summed E-state index contributed by atoms with van der Waals surface area (Å²) in [5, 5.41) is 0. The van der Waals surface area contributed by atoms with Crippen LogP contribution in [0.3, 0.4) is 0 Å². The van der Waals surface area contributed by atoms with Gasteiger partial charge in [-0.3, -0.25) is 28.8 Å². The van der Waals surface area contributed by atoms with Crippen molar-refractivity contribution in [3.05, 3.63) is 20.8 Å². The summed E-state index contributed by atoms with van der Waals surface area (Å²) in [4.78, 5) is 55.4. The fourth-order valence-corrected chi connectivity index (χ4v) is 3.31. The number of nitrogens with two attached hydrogens (primary N) is 1. The van der Waals surface area contributed by atoms with E-state index >= 15 is 0 Å². The van der Waals surface area contributed by atoms with Crippen LogP contribution in [0.2, 0.25) is 0 Å².